The quantitative estimate of drug-likeness (QED) is 0.399. The minimum atomic E-state index is 0.690. The maximum absolute atomic E-state index is 6.63. The molecule has 0 spiro atoms. The summed E-state index contributed by atoms with van der Waals surface area (Å²) in [5.41, 5.74) is 11.7. The van der Waals surface area contributed by atoms with Crippen LogP contribution in [0.4, 0.5) is 11.4 Å². The number of ether oxygens (including phenoxy) is 2. The third kappa shape index (κ3) is 4.23. The number of aromatic nitrogens is 1. The van der Waals surface area contributed by atoms with Gasteiger partial charge in [-0.1, -0.05) is 0 Å². The molecule has 3 aromatic rings. The van der Waals surface area contributed by atoms with Gasteiger partial charge in [-0.3, -0.25) is 4.98 Å². The Hall–Kier alpha value is -3.25. The molecule has 0 aliphatic carbocycles. The minimum absolute atomic E-state index is 0.690. The molecule has 0 radical (unpaired) electrons. The lowest BCUT2D eigenvalue weighted by atomic mass is 9.95. The number of aryl methyl sites for hydroxylation is 1. The van der Waals surface area contributed by atoms with E-state index < -0.39 is 0 Å². The number of pyridine rings is 1. The number of nitrogen functional groups attached to an aromatic ring is 1. The smallest absolute Gasteiger partial charge is 0.168 e. The van der Waals surface area contributed by atoms with Gasteiger partial charge in [0.15, 0.2) is 11.5 Å². The van der Waals surface area contributed by atoms with E-state index in [4.69, 9.17) is 15.2 Å². The van der Waals surface area contributed by atoms with Crippen LogP contribution in [-0.2, 0) is 6.54 Å². The molecule has 3 heterocycles. The van der Waals surface area contributed by atoms with Gasteiger partial charge in [-0.25, -0.2) is 0 Å². The van der Waals surface area contributed by atoms with E-state index in [9.17, 15) is 0 Å². The zero-order valence-corrected chi connectivity index (χ0v) is 19.4. The van der Waals surface area contributed by atoms with Gasteiger partial charge in [0, 0.05) is 41.0 Å². The molecule has 6 nitrogen and oxygen atoms in total. The Morgan fingerprint density at radius 3 is 2.94 bits per heavy atom. The lowest BCUT2D eigenvalue weighted by molar-refractivity contribution is 0.279. The molecule has 2 aliphatic rings. The maximum atomic E-state index is 6.63. The molecule has 6 heteroatoms. The largest absolute Gasteiger partial charge is 0.492 e. The second-order valence-electron chi connectivity index (χ2n) is 8.96. The first-order valence-corrected chi connectivity index (χ1v) is 11.8. The second kappa shape index (κ2) is 9.32. The van der Waals surface area contributed by atoms with Crippen LogP contribution in [0.25, 0.3) is 16.8 Å². The van der Waals surface area contributed by atoms with E-state index in [2.05, 4.69) is 45.7 Å². The first-order valence-electron chi connectivity index (χ1n) is 11.8. The van der Waals surface area contributed by atoms with Crippen LogP contribution in [0, 0.1) is 12.8 Å². The van der Waals surface area contributed by atoms with Crippen molar-refractivity contribution in [3.8, 4) is 11.5 Å². The standard InChI is InChI=1S/C27H32N4O2/c1-18-24(6-3-11-30-18)31-13-10-21-20(17-31)15-23-22(26(21)28)7-8-25(27(23)32-2)33-14-4-5-19-9-12-29-16-19/h3,6-8,10-11,13,15,19,29H,4-5,9,12,14,16-17,28H2,1-2H3. The molecule has 1 saturated heterocycles. The van der Waals surface area contributed by atoms with Gasteiger partial charge >= 0.3 is 0 Å². The molecule has 3 N–H and O–H groups in total. The van der Waals surface area contributed by atoms with Crippen molar-refractivity contribution in [3.05, 3.63) is 59.5 Å². The third-order valence-electron chi connectivity index (χ3n) is 6.84. The first-order chi connectivity index (χ1) is 16.2. The molecule has 1 fully saturated rings. The van der Waals surface area contributed by atoms with Crippen molar-refractivity contribution in [1.82, 2.24) is 10.3 Å². The summed E-state index contributed by atoms with van der Waals surface area (Å²) < 4.78 is 12.0. The van der Waals surface area contributed by atoms with Gasteiger partial charge in [0.25, 0.3) is 0 Å². The number of hydrogen-bond donors (Lipinski definition) is 2. The highest BCUT2D eigenvalue weighted by Gasteiger charge is 2.21. The predicted molar refractivity (Wildman–Crippen MR) is 135 cm³/mol. The van der Waals surface area contributed by atoms with Crippen molar-refractivity contribution >= 4 is 28.2 Å². The van der Waals surface area contributed by atoms with Gasteiger partial charge in [-0.05, 0) is 87.2 Å². The zero-order chi connectivity index (χ0) is 22.8. The average Bonchev–Trinajstić information content (AvgIpc) is 3.35. The summed E-state index contributed by atoms with van der Waals surface area (Å²) in [5.74, 6) is 2.31. The topological polar surface area (TPSA) is 72.6 Å². The van der Waals surface area contributed by atoms with E-state index in [1.165, 1.54) is 12.8 Å². The molecule has 1 atom stereocenters. The monoisotopic (exact) mass is 444 g/mol. The van der Waals surface area contributed by atoms with Gasteiger partial charge in [-0.2, -0.15) is 0 Å². The molecule has 172 valence electrons. The molecule has 2 aromatic carbocycles. The van der Waals surface area contributed by atoms with Crippen LogP contribution in [0.3, 0.4) is 0 Å². The molecule has 2 aliphatic heterocycles. The fourth-order valence-electron chi connectivity index (χ4n) is 5.04. The Bertz CT molecular complexity index is 1180. The van der Waals surface area contributed by atoms with E-state index in [1.807, 2.05) is 25.3 Å². The van der Waals surface area contributed by atoms with Crippen molar-refractivity contribution in [2.75, 3.05) is 37.4 Å². The SMILES string of the molecule is COc1c(OCCCC2CCNC2)ccc2c(N)c3c(cc12)CN(c1cccnc1C)C=C3. The van der Waals surface area contributed by atoms with E-state index in [-0.39, 0.29) is 0 Å². The summed E-state index contributed by atoms with van der Waals surface area (Å²) >= 11 is 0. The number of anilines is 2. The van der Waals surface area contributed by atoms with Crippen molar-refractivity contribution < 1.29 is 9.47 Å². The summed E-state index contributed by atoms with van der Waals surface area (Å²) in [5, 5.41) is 5.41. The molecule has 5 rings (SSSR count). The van der Waals surface area contributed by atoms with Gasteiger partial charge in [0.05, 0.1) is 25.1 Å². The minimum Gasteiger partial charge on any atom is -0.492 e. The normalized spacial score (nSPS) is 17.4. The van der Waals surface area contributed by atoms with Crippen LogP contribution < -0.4 is 25.4 Å². The lowest BCUT2D eigenvalue weighted by Crippen LogP contribution is -2.21. The third-order valence-corrected chi connectivity index (χ3v) is 6.84. The summed E-state index contributed by atoms with van der Waals surface area (Å²) in [6, 6.07) is 10.3. The summed E-state index contributed by atoms with van der Waals surface area (Å²) in [6.45, 7) is 5.72. The van der Waals surface area contributed by atoms with Crippen LogP contribution in [-0.4, -0.2) is 31.8 Å². The Kier molecular flexibility index (Phi) is 6.09. The number of nitrogens with one attached hydrogen (secondary N) is 1. The summed E-state index contributed by atoms with van der Waals surface area (Å²) in [7, 11) is 1.70. The van der Waals surface area contributed by atoms with Crippen LogP contribution >= 0.6 is 0 Å². The van der Waals surface area contributed by atoms with Gasteiger partial charge in [-0.15, -0.1) is 0 Å². The van der Waals surface area contributed by atoms with Gasteiger partial charge < -0.3 is 25.4 Å². The molecule has 33 heavy (non-hydrogen) atoms. The first kappa shape index (κ1) is 21.6. The number of nitrogens with two attached hydrogens (primary N) is 1. The highest BCUT2D eigenvalue weighted by atomic mass is 16.5. The molecule has 0 bridgehead atoms. The Balaban J connectivity index is 1.42. The van der Waals surface area contributed by atoms with Crippen LogP contribution in [0.1, 0.15) is 36.1 Å². The Morgan fingerprint density at radius 2 is 2.15 bits per heavy atom. The Morgan fingerprint density at radius 1 is 1.24 bits per heavy atom. The van der Waals surface area contributed by atoms with E-state index >= 15 is 0 Å². The summed E-state index contributed by atoms with van der Waals surface area (Å²) in [6.07, 6.45) is 9.51. The van der Waals surface area contributed by atoms with Crippen molar-refractivity contribution in [2.45, 2.75) is 32.7 Å². The average molecular weight is 445 g/mol. The number of methoxy groups -OCH3 is 1. The molecular weight excluding hydrogens is 412 g/mol. The van der Waals surface area contributed by atoms with E-state index in [0.717, 1.165) is 82.4 Å². The van der Waals surface area contributed by atoms with E-state index in [1.54, 1.807) is 7.11 Å². The van der Waals surface area contributed by atoms with Crippen molar-refractivity contribution in [2.24, 2.45) is 5.92 Å². The zero-order valence-electron chi connectivity index (χ0n) is 19.4. The molecule has 0 amide bonds. The van der Waals surface area contributed by atoms with Gasteiger partial charge in [0.2, 0.25) is 0 Å². The molecule has 0 saturated carbocycles. The maximum Gasteiger partial charge on any atom is 0.168 e. The molecular formula is C27H32N4O2. The number of rotatable bonds is 7. The van der Waals surface area contributed by atoms with Gasteiger partial charge in [0.1, 0.15) is 0 Å². The number of benzene rings is 2. The highest BCUT2D eigenvalue weighted by molar-refractivity contribution is 6.03. The second-order valence-corrected chi connectivity index (χ2v) is 8.96. The fraction of sp³-hybridized carbons (Fsp3) is 0.370. The van der Waals surface area contributed by atoms with Crippen molar-refractivity contribution in [1.29, 1.82) is 0 Å². The number of hydrogen-bond acceptors (Lipinski definition) is 6. The highest BCUT2D eigenvalue weighted by Crippen LogP contribution is 2.42. The summed E-state index contributed by atoms with van der Waals surface area (Å²) in [4.78, 5) is 6.65. The predicted octanol–water partition coefficient (Wildman–Crippen LogP) is 4.89. The molecule has 1 unspecified atom stereocenters. The number of nitrogens with zero attached hydrogens (tertiary/aromatic N) is 2. The number of fused-ring (bicyclic) bond motifs is 2. The van der Waals surface area contributed by atoms with Crippen molar-refractivity contribution in [3.63, 3.8) is 0 Å². The fourth-order valence-corrected chi connectivity index (χ4v) is 5.04. The van der Waals surface area contributed by atoms with Crippen LogP contribution in [0.15, 0.2) is 42.7 Å². The Labute approximate surface area is 195 Å². The molecule has 1 aromatic heterocycles. The van der Waals surface area contributed by atoms with Crippen LogP contribution in [0.5, 0.6) is 11.5 Å². The van der Waals surface area contributed by atoms with E-state index in [0.29, 0.717) is 6.61 Å². The lowest BCUT2D eigenvalue weighted by Gasteiger charge is -2.28. The van der Waals surface area contributed by atoms with Crippen LogP contribution in [0.2, 0.25) is 0 Å².